The van der Waals surface area contributed by atoms with Gasteiger partial charge in [-0.25, -0.2) is 0 Å². The van der Waals surface area contributed by atoms with Gasteiger partial charge >= 0.3 is 0 Å². The number of nitrogens with one attached hydrogen (secondary N) is 1. The van der Waals surface area contributed by atoms with E-state index in [1.54, 1.807) is 0 Å². The molecule has 1 aromatic carbocycles. The molecule has 0 saturated heterocycles. The topological polar surface area (TPSA) is 15.8 Å². The van der Waals surface area contributed by atoms with Crippen molar-refractivity contribution in [1.29, 1.82) is 0 Å². The molecule has 2 aromatic rings. The lowest BCUT2D eigenvalue weighted by Gasteiger charge is -1.92. The quantitative estimate of drug-likeness (QED) is 0.776. The van der Waals surface area contributed by atoms with Crippen LogP contribution < -0.4 is 0 Å². The molecule has 0 unspecified atom stereocenters. The third kappa shape index (κ3) is 3.38. The molecule has 0 bridgehead atoms. The minimum atomic E-state index is 1.07. The molecule has 2 rings (SSSR count). The van der Waals surface area contributed by atoms with Crippen LogP contribution in [0.3, 0.4) is 0 Å². The number of fused-ring (bicyclic) bond motifs is 1. The third-order valence-electron chi connectivity index (χ3n) is 2.41. The molecule has 1 heterocycles. The SMILES string of the molecule is CC.Cc1ccc2cc(CCCBr)[nH]c2c1. The van der Waals surface area contributed by atoms with Crippen molar-refractivity contribution in [2.24, 2.45) is 0 Å². The van der Waals surface area contributed by atoms with E-state index in [2.05, 4.69) is 52.1 Å². The molecule has 1 aromatic heterocycles. The molecule has 0 aliphatic rings. The first kappa shape index (κ1) is 13.3. The first-order valence-corrected chi connectivity index (χ1v) is 7.06. The Morgan fingerprint density at radius 2 is 1.94 bits per heavy atom. The summed E-state index contributed by atoms with van der Waals surface area (Å²) in [6.07, 6.45) is 2.31. The van der Waals surface area contributed by atoms with E-state index in [1.807, 2.05) is 13.8 Å². The van der Waals surface area contributed by atoms with E-state index < -0.39 is 0 Å². The normalized spacial score (nSPS) is 10.0. The molecule has 0 amide bonds. The maximum atomic E-state index is 3.45. The van der Waals surface area contributed by atoms with Crippen LogP contribution in [0.15, 0.2) is 24.3 Å². The Bertz CT molecular complexity index is 431. The highest BCUT2D eigenvalue weighted by Gasteiger charge is 1.99. The van der Waals surface area contributed by atoms with Crippen molar-refractivity contribution in [3.63, 3.8) is 0 Å². The van der Waals surface area contributed by atoms with Gasteiger partial charge in [-0.3, -0.25) is 0 Å². The van der Waals surface area contributed by atoms with Crippen molar-refractivity contribution in [3.05, 3.63) is 35.5 Å². The van der Waals surface area contributed by atoms with Crippen LogP contribution in [0.4, 0.5) is 0 Å². The summed E-state index contributed by atoms with van der Waals surface area (Å²) >= 11 is 3.45. The predicted octanol–water partition coefficient (Wildman–Crippen LogP) is 4.83. The molecular weight excluding hydrogens is 262 g/mol. The van der Waals surface area contributed by atoms with E-state index in [-0.39, 0.29) is 0 Å². The molecule has 0 saturated carbocycles. The smallest absolute Gasteiger partial charge is 0.0458 e. The summed E-state index contributed by atoms with van der Waals surface area (Å²) in [7, 11) is 0. The fourth-order valence-electron chi connectivity index (χ4n) is 1.69. The van der Waals surface area contributed by atoms with Crippen molar-refractivity contribution >= 4 is 26.8 Å². The zero-order valence-corrected chi connectivity index (χ0v) is 11.9. The summed E-state index contributed by atoms with van der Waals surface area (Å²) in [6.45, 7) is 6.12. The lowest BCUT2D eigenvalue weighted by molar-refractivity contribution is 0.911. The van der Waals surface area contributed by atoms with Crippen molar-refractivity contribution in [1.82, 2.24) is 4.98 Å². The molecule has 0 aliphatic carbocycles. The lowest BCUT2D eigenvalue weighted by atomic mass is 10.2. The number of aryl methyl sites for hydroxylation is 2. The van der Waals surface area contributed by atoms with Crippen LogP contribution in [0, 0.1) is 6.92 Å². The maximum absolute atomic E-state index is 3.45. The molecule has 2 heteroatoms. The number of halogens is 1. The van der Waals surface area contributed by atoms with Gasteiger partial charge in [-0.2, -0.15) is 0 Å². The second kappa shape index (κ2) is 6.74. The van der Waals surface area contributed by atoms with Crippen molar-refractivity contribution in [2.75, 3.05) is 5.33 Å². The van der Waals surface area contributed by atoms with Crippen LogP contribution in [0.25, 0.3) is 10.9 Å². The number of H-pyrrole nitrogens is 1. The summed E-state index contributed by atoms with van der Waals surface area (Å²) in [4.78, 5) is 3.45. The molecular formula is C14H20BrN. The Kier molecular flexibility index (Phi) is 5.61. The molecule has 0 radical (unpaired) electrons. The minimum Gasteiger partial charge on any atom is -0.358 e. The van der Waals surface area contributed by atoms with Crippen molar-refractivity contribution in [2.45, 2.75) is 33.6 Å². The predicted molar refractivity (Wildman–Crippen MR) is 76.5 cm³/mol. The first-order chi connectivity index (χ1) is 7.79. The Balaban J connectivity index is 0.000000606. The number of hydrogen-bond acceptors (Lipinski definition) is 0. The van der Waals surface area contributed by atoms with Crippen LogP contribution >= 0.6 is 15.9 Å². The van der Waals surface area contributed by atoms with Gasteiger partial charge in [0.25, 0.3) is 0 Å². The highest BCUT2D eigenvalue weighted by molar-refractivity contribution is 9.09. The molecule has 1 nitrogen and oxygen atoms in total. The summed E-state index contributed by atoms with van der Waals surface area (Å²) in [6, 6.07) is 8.79. The monoisotopic (exact) mass is 281 g/mol. The van der Waals surface area contributed by atoms with Gasteiger partial charge in [-0.05, 0) is 42.8 Å². The van der Waals surface area contributed by atoms with Crippen molar-refractivity contribution < 1.29 is 0 Å². The molecule has 88 valence electrons. The van der Waals surface area contributed by atoms with E-state index in [9.17, 15) is 0 Å². The van der Waals surface area contributed by atoms with Gasteiger partial charge in [0.15, 0.2) is 0 Å². The second-order valence-electron chi connectivity index (χ2n) is 3.68. The van der Waals surface area contributed by atoms with Crippen LogP contribution in [0.2, 0.25) is 0 Å². The van der Waals surface area contributed by atoms with E-state index >= 15 is 0 Å². The first-order valence-electron chi connectivity index (χ1n) is 5.94. The molecule has 1 N–H and O–H groups in total. The van der Waals surface area contributed by atoms with Gasteiger partial charge < -0.3 is 4.98 Å². The zero-order valence-electron chi connectivity index (χ0n) is 10.3. The van der Waals surface area contributed by atoms with E-state index in [0.717, 1.165) is 11.8 Å². The Morgan fingerprint density at radius 1 is 1.19 bits per heavy atom. The number of alkyl halides is 1. The average molecular weight is 282 g/mol. The number of aromatic amines is 1. The second-order valence-corrected chi connectivity index (χ2v) is 4.47. The summed E-state index contributed by atoms with van der Waals surface area (Å²) in [5.41, 5.74) is 3.91. The summed E-state index contributed by atoms with van der Waals surface area (Å²) < 4.78 is 0. The minimum absolute atomic E-state index is 1.07. The third-order valence-corrected chi connectivity index (χ3v) is 2.97. The van der Waals surface area contributed by atoms with Crippen LogP contribution in [0.1, 0.15) is 31.5 Å². The van der Waals surface area contributed by atoms with Crippen LogP contribution in [-0.2, 0) is 6.42 Å². The maximum Gasteiger partial charge on any atom is 0.0458 e. The Morgan fingerprint density at radius 3 is 2.62 bits per heavy atom. The van der Waals surface area contributed by atoms with Crippen LogP contribution in [-0.4, -0.2) is 10.3 Å². The molecule has 0 spiro atoms. The Labute approximate surface area is 106 Å². The highest BCUT2D eigenvalue weighted by atomic mass is 79.9. The number of rotatable bonds is 3. The Hall–Kier alpha value is -0.760. The molecule has 16 heavy (non-hydrogen) atoms. The summed E-state index contributed by atoms with van der Waals surface area (Å²) in [5.74, 6) is 0. The van der Waals surface area contributed by atoms with Gasteiger partial charge in [-0.1, -0.05) is 41.9 Å². The molecule has 0 fully saturated rings. The standard InChI is InChI=1S/C12H14BrN.C2H6/c1-9-4-5-10-8-11(3-2-6-13)14-12(10)7-9;1-2/h4-5,7-8,14H,2-3,6H2,1H3;1-2H3. The van der Waals surface area contributed by atoms with E-state index in [0.29, 0.717) is 0 Å². The fraction of sp³-hybridized carbons (Fsp3) is 0.429. The van der Waals surface area contributed by atoms with E-state index in [1.165, 1.54) is 28.6 Å². The average Bonchev–Trinajstić information content (AvgIpc) is 2.71. The van der Waals surface area contributed by atoms with Gasteiger partial charge in [-0.15, -0.1) is 0 Å². The summed E-state index contributed by atoms with van der Waals surface area (Å²) in [5, 5.41) is 2.39. The van der Waals surface area contributed by atoms with Crippen molar-refractivity contribution in [3.8, 4) is 0 Å². The fourth-order valence-corrected chi connectivity index (χ4v) is 1.97. The number of aromatic nitrogens is 1. The molecule has 0 atom stereocenters. The van der Waals surface area contributed by atoms with Crippen LogP contribution in [0.5, 0.6) is 0 Å². The lowest BCUT2D eigenvalue weighted by Crippen LogP contribution is -1.84. The number of hydrogen-bond donors (Lipinski definition) is 1. The highest BCUT2D eigenvalue weighted by Crippen LogP contribution is 2.17. The van der Waals surface area contributed by atoms with E-state index in [4.69, 9.17) is 0 Å². The van der Waals surface area contributed by atoms with Gasteiger partial charge in [0, 0.05) is 16.5 Å². The zero-order chi connectivity index (χ0) is 12.0. The van der Waals surface area contributed by atoms with Gasteiger partial charge in [0.1, 0.15) is 0 Å². The van der Waals surface area contributed by atoms with Gasteiger partial charge in [0.05, 0.1) is 0 Å². The largest absolute Gasteiger partial charge is 0.358 e. The van der Waals surface area contributed by atoms with Gasteiger partial charge in [0.2, 0.25) is 0 Å². The molecule has 0 aliphatic heterocycles. The number of benzene rings is 1.